The topological polar surface area (TPSA) is 183 Å². The van der Waals surface area contributed by atoms with Gasteiger partial charge in [0.1, 0.15) is 5.69 Å². The average Bonchev–Trinajstić information content (AvgIpc) is 2.77. The van der Waals surface area contributed by atoms with Crippen molar-refractivity contribution in [3.05, 3.63) is 30.0 Å². The molecule has 1 aromatic heterocycles. The molecular formula is C10H11N7O3S. The normalized spacial score (nSPS) is 11.9. The number of nitrogens with one attached hydrogen (secondary N) is 1. The monoisotopic (exact) mass is 309 g/mol. The van der Waals surface area contributed by atoms with Gasteiger partial charge in [-0.05, 0) is 24.3 Å². The van der Waals surface area contributed by atoms with Crippen LogP contribution in [0.15, 0.2) is 39.4 Å². The zero-order valence-electron chi connectivity index (χ0n) is 10.5. The molecule has 110 valence electrons. The number of nitrogens with zero attached hydrogens (tertiary/aromatic N) is 3. The Hall–Kier alpha value is -2.79. The Morgan fingerprint density at radius 1 is 1.19 bits per heavy atom. The first-order chi connectivity index (χ1) is 9.77. The van der Waals surface area contributed by atoms with Gasteiger partial charge in [-0.25, -0.2) is 13.6 Å². The lowest BCUT2D eigenvalue weighted by Gasteiger charge is -1.97. The van der Waals surface area contributed by atoms with Crippen molar-refractivity contribution in [3.63, 3.8) is 0 Å². The molecule has 0 bridgehead atoms. The number of hydrogen-bond donors (Lipinski definition) is 4. The number of aromatic amines is 1. The van der Waals surface area contributed by atoms with Crippen molar-refractivity contribution in [2.24, 2.45) is 21.1 Å². The summed E-state index contributed by atoms with van der Waals surface area (Å²) in [5, 5.41) is 12.5. The molecule has 1 heterocycles. The van der Waals surface area contributed by atoms with E-state index in [2.05, 4.69) is 20.2 Å². The second-order valence-electron chi connectivity index (χ2n) is 3.92. The van der Waals surface area contributed by atoms with Crippen molar-refractivity contribution in [3.8, 4) is 0 Å². The number of hydrogen-bond acceptors (Lipinski definition) is 7. The highest BCUT2D eigenvalue weighted by molar-refractivity contribution is 7.89. The Morgan fingerprint density at radius 3 is 2.29 bits per heavy atom. The zero-order valence-corrected chi connectivity index (χ0v) is 11.3. The third-order valence-electron chi connectivity index (χ3n) is 2.39. The fourth-order valence-corrected chi connectivity index (χ4v) is 1.93. The standard InChI is InChI=1S/C10H11N7O3S/c11-8-7(9(12)18)14-10(15-8)17-16-5-1-3-6(4-2-5)21(13,19)20/h1-4H,11H2,(H2,12,18)(H,14,15)(H2,13,19,20). The van der Waals surface area contributed by atoms with Gasteiger partial charge < -0.3 is 16.5 Å². The highest BCUT2D eigenvalue weighted by Crippen LogP contribution is 2.19. The van der Waals surface area contributed by atoms with Crippen molar-refractivity contribution < 1.29 is 13.2 Å². The van der Waals surface area contributed by atoms with Crippen molar-refractivity contribution in [2.45, 2.75) is 4.90 Å². The number of carbonyl (C=O) groups excluding carboxylic acids is 1. The van der Waals surface area contributed by atoms with Crippen molar-refractivity contribution in [1.29, 1.82) is 0 Å². The molecule has 0 radical (unpaired) electrons. The van der Waals surface area contributed by atoms with E-state index >= 15 is 0 Å². The predicted molar refractivity (Wildman–Crippen MR) is 73.5 cm³/mol. The number of benzene rings is 1. The van der Waals surface area contributed by atoms with Crippen LogP contribution in [0.2, 0.25) is 0 Å². The summed E-state index contributed by atoms with van der Waals surface area (Å²) in [7, 11) is -3.76. The summed E-state index contributed by atoms with van der Waals surface area (Å²) in [5.41, 5.74) is 10.8. The summed E-state index contributed by atoms with van der Waals surface area (Å²) in [6, 6.07) is 5.39. The van der Waals surface area contributed by atoms with E-state index in [0.29, 0.717) is 5.69 Å². The number of amides is 1. The molecule has 0 saturated heterocycles. The average molecular weight is 309 g/mol. The molecule has 21 heavy (non-hydrogen) atoms. The summed E-state index contributed by atoms with van der Waals surface area (Å²) in [5.74, 6) is -0.850. The first-order valence-electron chi connectivity index (χ1n) is 5.47. The van der Waals surface area contributed by atoms with E-state index in [-0.39, 0.29) is 22.4 Å². The van der Waals surface area contributed by atoms with Crippen LogP contribution in [0.3, 0.4) is 0 Å². The maximum atomic E-state index is 11.1. The van der Waals surface area contributed by atoms with E-state index in [0.717, 1.165) is 0 Å². The number of carbonyl (C=O) groups is 1. The molecule has 0 spiro atoms. The predicted octanol–water partition coefficient (Wildman–Crippen LogP) is 0.154. The van der Waals surface area contributed by atoms with Gasteiger partial charge in [-0.1, -0.05) is 0 Å². The zero-order chi connectivity index (χ0) is 15.6. The van der Waals surface area contributed by atoms with Crippen molar-refractivity contribution >= 4 is 33.4 Å². The highest BCUT2D eigenvalue weighted by Gasteiger charge is 2.11. The molecule has 0 aliphatic carbocycles. The molecule has 7 N–H and O–H groups in total. The number of primary sulfonamides is 1. The second kappa shape index (κ2) is 5.30. The maximum absolute atomic E-state index is 11.1. The highest BCUT2D eigenvalue weighted by atomic mass is 32.2. The molecular weight excluding hydrogens is 298 g/mol. The SMILES string of the molecule is NC(=O)c1[nH]c(N=Nc2ccc(S(N)(=O)=O)cc2)nc1N. The van der Waals surface area contributed by atoms with Crippen LogP contribution in [0, 0.1) is 0 Å². The minimum absolute atomic E-state index is 0.00294. The van der Waals surface area contributed by atoms with Gasteiger partial charge in [0.25, 0.3) is 5.91 Å². The van der Waals surface area contributed by atoms with Gasteiger partial charge in [0, 0.05) is 0 Å². The Morgan fingerprint density at radius 2 is 1.81 bits per heavy atom. The number of nitrogen functional groups attached to an aromatic ring is 1. The van der Waals surface area contributed by atoms with Crippen LogP contribution < -0.4 is 16.6 Å². The largest absolute Gasteiger partial charge is 0.382 e. The molecule has 0 aliphatic rings. The number of rotatable bonds is 4. The van der Waals surface area contributed by atoms with Crippen LogP contribution in [0.5, 0.6) is 0 Å². The first kappa shape index (κ1) is 14.6. The molecule has 0 unspecified atom stereocenters. The minimum atomic E-state index is -3.76. The summed E-state index contributed by atoms with van der Waals surface area (Å²) in [6.45, 7) is 0. The number of azo groups is 1. The van der Waals surface area contributed by atoms with Gasteiger partial charge in [-0.3, -0.25) is 4.79 Å². The lowest BCUT2D eigenvalue weighted by atomic mass is 10.3. The summed E-state index contributed by atoms with van der Waals surface area (Å²) < 4.78 is 22.2. The molecule has 1 aromatic carbocycles. The third-order valence-corrected chi connectivity index (χ3v) is 3.32. The van der Waals surface area contributed by atoms with Gasteiger partial charge in [-0.15, -0.1) is 10.2 Å². The Kier molecular flexibility index (Phi) is 3.69. The van der Waals surface area contributed by atoms with E-state index in [1.54, 1.807) is 0 Å². The fraction of sp³-hybridized carbons (Fsp3) is 0. The van der Waals surface area contributed by atoms with Gasteiger partial charge >= 0.3 is 0 Å². The first-order valence-corrected chi connectivity index (χ1v) is 7.02. The Labute approximate surface area is 119 Å². The third kappa shape index (κ3) is 3.40. The van der Waals surface area contributed by atoms with E-state index in [4.69, 9.17) is 16.6 Å². The molecule has 0 saturated carbocycles. The molecule has 2 rings (SSSR count). The summed E-state index contributed by atoms with van der Waals surface area (Å²) in [6.07, 6.45) is 0. The Balaban J connectivity index is 2.22. The maximum Gasteiger partial charge on any atom is 0.269 e. The van der Waals surface area contributed by atoms with Gasteiger partial charge in [0.2, 0.25) is 16.0 Å². The number of anilines is 1. The molecule has 11 heteroatoms. The van der Waals surface area contributed by atoms with Gasteiger partial charge in [0.15, 0.2) is 5.82 Å². The van der Waals surface area contributed by atoms with Crippen LogP contribution in [-0.4, -0.2) is 24.3 Å². The van der Waals surface area contributed by atoms with Crippen LogP contribution >= 0.6 is 0 Å². The second-order valence-corrected chi connectivity index (χ2v) is 5.49. The van der Waals surface area contributed by atoms with E-state index < -0.39 is 15.9 Å². The van der Waals surface area contributed by atoms with Crippen LogP contribution in [0.1, 0.15) is 10.5 Å². The number of H-pyrrole nitrogens is 1. The molecule has 0 fully saturated rings. The van der Waals surface area contributed by atoms with Gasteiger partial charge in [-0.2, -0.15) is 4.98 Å². The smallest absolute Gasteiger partial charge is 0.269 e. The van der Waals surface area contributed by atoms with Gasteiger partial charge in [0.05, 0.1) is 10.6 Å². The number of aromatic nitrogens is 2. The minimum Gasteiger partial charge on any atom is -0.382 e. The molecule has 1 amide bonds. The van der Waals surface area contributed by atoms with Crippen molar-refractivity contribution in [1.82, 2.24) is 9.97 Å². The van der Waals surface area contributed by atoms with Crippen molar-refractivity contribution in [2.75, 3.05) is 5.73 Å². The Bertz CT molecular complexity index is 808. The number of nitrogens with two attached hydrogens (primary N) is 3. The number of imidazole rings is 1. The fourth-order valence-electron chi connectivity index (χ4n) is 1.42. The van der Waals surface area contributed by atoms with E-state index in [1.807, 2.05) is 0 Å². The summed E-state index contributed by atoms with van der Waals surface area (Å²) >= 11 is 0. The summed E-state index contributed by atoms with van der Waals surface area (Å²) in [4.78, 5) is 17.2. The van der Waals surface area contributed by atoms with E-state index in [9.17, 15) is 13.2 Å². The van der Waals surface area contributed by atoms with Crippen LogP contribution in [-0.2, 0) is 10.0 Å². The molecule has 10 nitrogen and oxygen atoms in total. The molecule has 2 aromatic rings. The van der Waals surface area contributed by atoms with Crippen LogP contribution in [0.4, 0.5) is 17.5 Å². The lowest BCUT2D eigenvalue weighted by Crippen LogP contribution is -2.13. The number of primary amides is 1. The van der Waals surface area contributed by atoms with Crippen LogP contribution in [0.25, 0.3) is 0 Å². The molecule has 0 aliphatic heterocycles. The molecule has 0 atom stereocenters. The van der Waals surface area contributed by atoms with E-state index in [1.165, 1.54) is 24.3 Å². The quantitative estimate of drug-likeness (QED) is 0.585. The number of sulfonamides is 1. The lowest BCUT2D eigenvalue weighted by molar-refractivity contribution is 0.0997.